The van der Waals surface area contributed by atoms with Gasteiger partial charge in [-0.25, -0.2) is 4.79 Å². The summed E-state index contributed by atoms with van der Waals surface area (Å²) < 4.78 is 10.6. The van der Waals surface area contributed by atoms with Gasteiger partial charge in [-0.2, -0.15) is 0 Å². The number of rotatable bonds is 7. The first-order chi connectivity index (χ1) is 10.2. The normalized spacial score (nSPS) is 12.1. The van der Waals surface area contributed by atoms with E-state index in [1.54, 1.807) is 13.4 Å². The number of amides is 2. The topological polar surface area (TPSA) is 107 Å². The summed E-state index contributed by atoms with van der Waals surface area (Å²) in [5, 5.41) is 17.6. The Morgan fingerprint density at radius 1 is 1.52 bits per heavy atom. The van der Waals surface area contributed by atoms with Crippen LogP contribution in [0.2, 0.25) is 0 Å². The van der Waals surface area contributed by atoms with E-state index >= 15 is 0 Å². The molecule has 0 bridgehead atoms. The molecule has 0 saturated heterocycles. The average Bonchev–Trinajstić information content (AvgIpc) is 3.10. The summed E-state index contributed by atoms with van der Waals surface area (Å²) >= 11 is 1.11. The number of hydrogen-bond acceptors (Lipinski definition) is 7. The van der Waals surface area contributed by atoms with Gasteiger partial charge < -0.3 is 14.6 Å². The van der Waals surface area contributed by atoms with Gasteiger partial charge in [-0.1, -0.05) is 4.49 Å². The fourth-order valence-corrected chi connectivity index (χ4v) is 2.20. The number of nitrogens with one attached hydrogen (secondary N) is 2. The Morgan fingerprint density at radius 2 is 2.38 bits per heavy atom. The molecule has 0 aliphatic rings. The van der Waals surface area contributed by atoms with Crippen LogP contribution < -0.4 is 10.6 Å². The highest BCUT2D eigenvalue weighted by Crippen LogP contribution is 2.12. The van der Waals surface area contributed by atoms with Gasteiger partial charge in [-0.3, -0.25) is 5.32 Å². The number of methoxy groups -OCH3 is 1. The third-order valence-corrected chi connectivity index (χ3v) is 3.31. The Balaban J connectivity index is 1.89. The standard InChI is InChI=1S/C11H17N7O2S/c1-8(14-11(19)15-9-6-12-17-21-9)10-16-13-7-18(10)4-3-5-20-2/h6-8H,3-5H2,1-2H3,(H2,14,15,19). The number of hydrogen-bond donors (Lipinski definition) is 2. The van der Waals surface area contributed by atoms with E-state index in [1.807, 2.05) is 11.5 Å². The van der Waals surface area contributed by atoms with Crippen molar-refractivity contribution in [1.82, 2.24) is 29.7 Å². The lowest BCUT2D eigenvalue weighted by molar-refractivity contribution is 0.189. The molecule has 1 unspecified atom stereocenters. The molecule has 114 valence electrons. The molecule has 0 saturated carbocycles. The molecule has 0 radical (unpaired) electrons. The van der Waals surface area contributed by atoms with Crippen LogP contribution in [0.3, 0.4) is 0 Å². The highest BCUT2D eigenvalue weighted by atomic mass is 32.1. The van der Waals surface area contributed by atoms with Crippen LogP contribution in [-0.4, -0.2) is 44.1 Å². The minimum atomic E-state index is -0.333. The molecule has 0 spiro atoms. The first-order valence-electron chi connectivity index (χ1n) is 6.42. The van der Waals surface area contributed by atoms with Crippen molar-refractivity contribution < 1.29 is 9.53 Å². The van der Waals surface area contributed by atoms with Crippen molar-refractivity contribution in [2.24, 2.45) is 0 Å². The zero-order chi connectivity index (χ0) is 15.1. The summed E-state index contributed by atoms with van der Waals surface area (Å²) in [6.07, 6.45) is 3.99. The van der Waals surface area contributed by atoms with Gasteiger partial charge >= 0.3 is 6.03 Å². The van der Waals surface area contributed by atoms with Crippen LogP contribution in [0.15, 0.2) is 12.5 Å². The minimum Gasteiger partial charge on any atom is -0.385 e. The third-order valence-electron chi connectivity index (χ3n) is 2.73. The smallest absolute Gasteiger partial charge is 0.320 e. The van der Waals surface area contributed by atoms with Crippen molar-refractivity contribution in [2.75, 3.05) is 19.0 Å². The lowest BCUT2D eigenvalue weighted by Gasteiger charge is -2.14. The quantitative estimate of drug-likeness (QED) is 0.740. The van der Waals surface area contributed by atoms with E-state index in [-0.39, 0.29) is 12.1 Å². The van der Waals surface area contributed by atoms with Gasteiger partial charge in [0, 0.05) is 31.8 Å². The molecule has 2 aromatic rings. The summed E-state index contributed by atoms with van der Waals surface area (Å²) in [6, 6.07) is -0.601. The number of anilines is 1. The van der Waals surface area contributed by atoms with Crippen LogP contribution in [-0.2, 0) is 11.3 Å². The molecule has 21 heavy (non-hydrogen) atoms. The van der Waals surface area contributed by atoms with Crippen LogP contribution in [0.5, 0.6) is 0 Å². The van der Waals surface area contributed by atoms with E-state index in [1.165, 1.54) is 6.20 Å². The van der Waals surface area contributed by atoms with Crippen LogP contribution in [0.4, 0.5) is 9.80 Å². The number of carbonyl (C=O) groups excluding carboxylic acids is 1. The second-order valence-electron chi connectivity index (χ2n) is 4.33. The fourth-order valence-electron chi connectivity index (χ4n) is 1.78. The lowest BCUT2D eigenvalue weighted by Crippen LogP contribution is -2.32. The van der Waals surface area contributed by atoms with Gasteiger partial charge in [0.25, 0.3) is 0 Å². The molecule has 9 nitrogen and oxygen atoms in total. The number of urea groups is 1. The first kappa shape index (κ1) is 15.3. The van der Waals surface area contributed by atoms with E-state index in [9.17, 15) is 4.79 Å². The molecule has 0 aromatic carbocycles. The van der Waals surface area contributed by atoms with Crippen molar-refractivity contribution in [3.8, 4) is 0 Å². The SMILES string of the molecule is COCCCn1cnnc1C(C)NC(=O)Nc1cnns1. The van der Waals surface area contributed by atoms with Crippen molar-refractivity contribution in [3.05, 3.63) is 18.3 Å². The molecule has 2 amide bonds. The Bertz CT molecular complexity index is 557. The van der Waals surface area contributed by atoms with E-state index in [2.05, 4.69) is 30.4 Å². The van der Waals surface area contributed by atoms with E-state index in [0.29, 0.717) is 17.4 Å². The van der Waals surface area contributed by atoms with Gasteiger partial charge in [0.1, 0.15) is 11.3 Å². The minimum absolute atomic E-state index is 0.268. The Morgan fingerprint density at radius 3 is 3.10 bits per heavy atom. The van der Waals surface area contributed by atoms with Crippen molar-refractivity contribution >= 4 is 22.6 Å². The van der Waals surface area contributed by atoms with E-state index < -0.39 is 0 Å². The first-order valence-corrected chi connectivity index (χ1v) is 7.19. The molecular formula is C11H17N7O2S. The van der Waals surface area contributed by atoms with Gasteiger partial charge in [0.15, 0.2) is 5.82 Å². The zero-order valence-corrected chi connectivity index (χ0v) is 12.6. The van der Waals surface area contributed by atoms with Crippen LogP contribution >= 0.6 is 11.5 Å². The highest BCUT2D eigenvalue weighted by Gasteiger charge is 2.16. The molecule has 2 aromatic heterocycles. The Hall–Kier alpha value is -2.07. The van der Waals surface area contributed by atoms with Gasteiger partial charge in [-0.05, 0) is 13.3 Å². The fraction of sp³-hybridized carbons (Fsp3) is 0.545. The zero-order valence-electron chi connectivity index (χ0n) is 11.8. The maximum absolute atomic E-state index is 11.8. The molecule has 0 aliphatic heterocycles. The Kier molecular flexibility index (Phi) is 5.58. The third kappa shape index (κ3) is 4.46. The molecule has 0 aliphatic carbocycles. The summed E-state index contributed by atoms with van der Waals surface area (Å²) in [6.45, 7) is 3.25. The van der Waals surface area contributed by atoms with Gasteiger partial charge in [0.05, 0.1) is 12.2 Å². The van der Waals surface area contributed by atoms with Crippen molar-refractivity contribution in [2.45, 2.75) is 25.9 Å². The lowest BCUT2D eigenvalue weighted by atomic mass is 10.3. The molecular weight excluding hydrogens is 294 g/mol. The predicted octanol–water partition coefficient (Wildman–Crippen LogP) is 1.05. The van der Waals surface area contributed by atoms with E-state index in [4.69, 9.17) is 4.74 Å². The molecule has 0 fully saturated rings. The summed E-state index contributed by atoms with van der Waals surface area (Å²) in [5.41, 5.74) is 0. The molecule has 1 atom stereocenters. The van der Waals surface area contributed by atoms with E-state index in [0.717, 1.165) is 24.5 Å². The van der Waals surface area contributed by atoms with Crippen LogP contribution in [0.1, 0.15) is 25.2 Å². The van der Waals surface area contributed by atoms with Crippen molar-refractivity contribution in [1.29, 1.82) is 0 Å². The molecule has 10 heteroatoms. The van der Waals surface area contributed by atoms with Gasteiger partial charge in [-0.15, -0.1) is 15.3 Å². The summed E-state index contributed by atoms with van der Waals surface area (Å²) in [7, 11) is 1.66. The number of nitrogens with zero attached hydrogens (tertiary/aromatic N) is 5. The number of carbonyl (C=O) groups is 1. The molecule has 2 N–H and O–H groups in total. The summed E-state index contributed by atoms with van der Waals surface area (Å²) in [4.78, 5) is 11.8. The molecule has 2 rings (SSSR count). The monoisotopic (exact) mass is 311 g/mol. The second kappa shape index (κ2) is 7.64. The van der Waals surface area contributed by atoms with Gasteiger partial charge in [0.2, 0.25) is 0 Å². The number of ether oxygens (including phenoxy) is 1. The van der Waals surface area contributed by atoms with Crippen LogP contribution in [0.25, 0.3) is 0 Å². The largest absolute Gasteiger partial charge is 0.385 e. The Labute approximate surface area is 125 Å². The highest BCUT2D eigenvalue weighted by molar-refractivity contribution is 7.10. The van der Waals surface area contributed by atoms with Crippen molar-refractivity contribution in [3.63, 3.8) is 0 Å². The molecule has 2 heterocycles. The van der Waals surface area contributed by atoms with Crippen LogP contribution in [0, 0.1) is 0 Å². The number of aromatic nitrogens is 5. The number of aryl methyl sites for hydroxylation is 1. The predicted molar refractivity (Wildman–Crippen MR) is 77.0 cm³/mol. The average molecular weight is 311 g/mol. The maximum atomic E-state index is 11.8. The maximum Gasteiger partial charge on any atom is 0.320 e. The second-order valence-corrected chi connectivity index (χ2v) is 5.12. The summed E-state index contributed by atoms with van der Waals surface area (Å²) in [5.74, 6) is 0.698.